The topological polar surface area (TPSA) is 55.2 Å². The average molecular weight is 290 g/mol. The summed E-state index contributed by atoms with van der Waals surface area (Å²) in [7, 11) is 0. The van der Waals surface area contributed by atoms with Gasteiger partial charge in [0, 0.05) is 18.2 Å². The molecule has 0 aromatic heterocycles. The van der Waals surface area contributed by atoms with Crippen LogP contribution >= 0.6 is 0 Å². The smallest absolute Gasteiger partial charge is 0.269 e. The summed E-state index contributed by atoms with van der Waals surface area (Å²) in [6, 6.07) is 7.49. The second-order valence-corrected chi connectivity index (χ2v) is 6.50. The minimum Gasteiger partial charge on any atom is -0.313 e. The van der Waals surface area contributed by atoms with Gasteiger partial charge in [-0.3, -0.25) is 10.1 Å². The van der Waals surface area contributed by atoms with Gasteiger partial charge in [-0.2, -0.15) is 0 Å². The molecule has 116 valence electrons. The molecule has 1 aromatic carbocycles. The van der Waals surface area contributed by atoms with E-state index in [0.717, 1.165) is 19.4 Å². The first-order valence-electron chi connectivity index (χ1n) is 8.02. The van der Waals surface area contributed by atoms with Crippen LogP contribution in [0.15, 0.2) is 24.3 Å². The first-order valence-corrected chi connectivity index (χ1v) is 8.02. The molecule has 1 saturated carbocycles. The van der Waals surface area contributed by atoms with E-state index in [1.165, 1.54) is 31.2 Å². The summed E-state index contributed by atoms with van der Waals surface area (Å²) in [5, 5.41) is 14.4. The molecule has 21 heavy (non-hydrogen) atoms. The highest BCUT2D eigenvalue weighted by molar-refractivity contribution is 5.33. The van der Waals surface area contributed by atoms with Crippen molar-refractivity contribution >= 4 is 5.69 Å². The molecule has 0 heterocycles. The van der Waals surface area contributed by atoms with Gasteiger partial charge in [0.15, 0.2) is 0 Å². The van der Waals surface area contributed by atoms with Crippen molar-refractivity contribution in [2.24, 2.45) is 5.41 Å². The van der Waals surface area contributed by atoms with Gasteiger partial charge >= 0.3 is 0 Å². The number of nitrogens with zero attached hydrogens (tertiary/aromatic N) is 1. The number of nitrogens with one attached hydrogen (secondary N) is 1. The van der Waals surface area contributed by atoms with Crippen molar-refractivity contribution in [1.82, 2.24) is 5.32 Å². The first-order chi connectivity index (χ1) is 10.0. The zero-order valence-corrected chi connectivity index (χ0v) is 13.1. The average Bonchev–Trinajstić information content (AvgIpc) is 2.92. The second kappa shape index (κ2) is 7.03. The maximum atomic E-state index is 10.7. The normalized spacial score (nSPS) is 18.6. The summed E-state index contributed by atoms with van der Waals surface area (Å²) in [4.78, 5) is 10.4. The van der Waals surface area contributed by atoms with E-state index >= 15 is 0 Å². The number of rotatable bonds is 7. The first kappa shape index (κ1) is 16.0. The van der Waals surface area contributed by atoms with Gasteiger partial charge < -0.3 is 5.32 Å². The zero-order valence-electron chi connectivity index (χ0n) is 13.1. The highest BCUT2D eigenvalue weighted by Crippen LogP contribution is 2.41. The number of hydrogen-bond acceptors (Lipinski definition) is 3. The highest BCUT2D eigenvalue weighted by Gasteiger charge is 2.36. The van der Waals surface area contributed by atoms with E-state index in [1.54, 1.807) is 12.1 Å². The van der Waals surface area contributed by atoms with Crippen molar-refractivity contribution in [3.8, 4) is 0 Å². The molecule has 4 nitrogen and oxygen atoms in total. The van der Waals surface area contributed by atoms with Gasteiger partial charge in [0.1, 0.15) is 0 Å². The molecule has 1 N–H and O–H groups in total. The number of benzene rings is 1. The van der Waals surface area contributed by atoms with Gasteiger partial charge in [0.2, 0.25) is 0 Å². The van der Waals surface area contributed by atoms with Gasteiger partial charge in [-0.1, -0.05) is 38.8 Å². The Morgan fingerprint density at radius 1 is 1.29 bits per heavy atom. The molecule has 1 aromatic rings. The summed E-state index contributed by atoms with van der Waals surface area (Å²) < 4.78 is 0. The van der Waals surface area contributed by atoms with Gasteiger partial charge in [0.25, 0.3) is 5.69 Å². The molecule has 0 radical (unpaired) electrons. The van der Waals surface area contributed by atoms with E-state index in [9.17, 15) is 10.1 Å². The standard InChI is InChI=1S/C17H26N2O2/c1-3-12-18-16(17(2)10-4-5-11-17)13-14-6-8-15(9-7-14)19(20)21/h6-9,16,18H,3-5,10-13H2,1-2H3. The van der Waals surface area contributed by atoms with Crippen molar-refractivity contribution < 1.29 is 4.92 Å². The molecular formula is C17H26N2O2. The fraction of sp³-hybridized carbons (Fsp3) is 0.647. The minimum absolute atomic E-state index is 0.170. The van der Waals surface area contributed by atoms with E-state index in [1.807, 2.05) is 12.1 Å². The summed E-state index contributed by atoms with van der Waals surface area (Å²) in [5.41, 5.74) is 1.71. The summed E-state index contributed by atoms with van der Waals surface area (Å²) >= 11 is 0. The molecular weight excluding hydrogens is 264 g/mol. The van der Waals surface area contributed by atoms with Crippen LogP contribution < -0.4 is 5.32 Å². The van der Waals surface area contributed by atoms with Gasteiger partial charge in [-0.05, 0) is 43.2 Å². The van der Waals surface area contributed by atoms with Crippen molar-refractivity contribution in [2.75, 3.05) is 6.54 Å². The molecule has 0 spiro atoms. The number of nitro benzene ring substituents is 1. The molecule has 2 rings (SSSR count). The van der Waals surface area contributed by atoms with Gasteiger partial charge in [-0.15, -0.1) is 0 Å². The quantitative estimate of drug-likeness (QED) is 0.608. The van der Waals surface area contributed by atoms with Crippen molar-refractivity contribution in [3.05, 3.63) is 39.9 Å². The van der Waals surface area contributed by atoms with Crippen molar-refractivity contribution in [1.29, 1.82) is 0 Å². The van der Waals surface area contributed by atoms with Crippen LogP contribution in [-0.2, 0) is 6.42 Å². The third-order valence-electron chi connectivity index (χ3n) is 4.81. The Hall–Kier alpha value is -1.42. The van der Waals surface area contributed by atoms with Gasteiger partial charge in [0.05, 0.1) is 4.92 Å². The van der Waals surface area contributed by atoms with Crippen LogP contribution in [0.3, 0.4) is 0 Å². The molecule has 0 amide bonds. The van der Waals surface area contributed by atoms with E-state index in [2.05, 4.69) is 19.2 Å². The third-order valence-corrected chi connectivity index (χ3v) is 4.81. The molecule has 1 aliphatic carbocycles. The van der Waals surface area contributed by atoms with Crippen LogP contribution in [0.25, 0.3) is 0 Å². The maximum Gasteiger partial charge on any atom is 0.269 e. The Morgan fingerprint density at radius 2 is 1.90 bits per heavy atom. The Labute approximate surface area is 127 Å². The Balaban J connectivity index is 2.08. The van der Waals surface area contributed by atoms with Crippen molar-refractivity contribution in [3.63, 3.8) is 0 Å². The molecule has 4 heteroatoms. The fourth-order valence-corrected chi connectivity index (χ4v) is 3.40. The van der Waals surface area contributed by atoms with Crippen LogP contribution in [0.1, 0.15) is 51.5 Å². The summed E-state index contributed by atoms with van der Waals surface area (Å²) in [6.07, 6.45) is 7.28. The predicted octanol–water partition coefficient (Wildman–Crippen LogP) is 4.09. The molecule has 0 bridgehead atoms. The monoisotopic (exact) mass is 290 g/mol. The zero-order chi connectivity index (χ0) is 15.3. The second-order valence-electron chi connectivity index (χ2n) is 6.50. The summed E-state index contributed by atoms with van der Waals surface area (Å²) in [5.74, 6) is 0. The van der Waals surface area contributed by atoms with Crippen LogP contribution in [0.5, 0.6) is 0 Å². The van der Waals surface area contributed by atoms with E-state index in [4.69, 9.17) is 0 Å². The van der Waals surface area contributed by atoms with E-state index < -0.39 is 0 Å². The minimum atomic E-state index is -0.338. The number of nitro groups is 1. The number of hydrogen-bond donors (Lipinski definition) is 1. The third kappa shape index (κ3) is 4.03. The lowest BCUT2D eigenvalue weighted by atomic mass is 9.77. The van der Waals surface area contributed by atoms with Gasteiger partial charge in [-0.25, -0.2) is 0 Å². The SMILES string of the molecule is CCCNC(Cc1ccc([N+](=O)[O-])cc1)C1(C)CCCC1. The highest BCUT2D eigenvalue weighted by atomic mass is 16.6. The molecule has 1 atom stereocenters. The van der Waals surface area contributed by atoms with Crippen molar-refractivity contribution in [2.45, 2.75) is 58.4 Å². The van der Waals surface area contributed by atoms with Crippen LogP contribution in [0.4, 0.5) is 5.69 Å². The number of non-ortho nitro benzene ring substituents is 1. The lowest BCUT2D eigenvalue weighted by Crippen LogP contribution is -2.44. The lowest BCUT2D eigenvalue weighted by Gasteiger charge is -2.35. The molecule has 1 aliphatic rings. The largest absolute Gasteiger partial charge is 0.313 e. The molecule has 1 fully saturated rings. The van der Waals surface area contributed by atoms with Crippen LogP contribution in [0.2, 0.25) is 0 Å². The Bertz CT molecular complexity index is 464. The maximum absolute atomic E-state index is 10.7. The Kier molecular flexibility index (Phi) is 5.34. The molecule has 0 saturated heterocycles. The van der Waals surface area contributed by atoms with E-state index in [0.29, 0.717) is 11.5 Å². The van der Waals surface area contributed by atoms with Crippen LogP contribution in [-0.4, -0.2) is 17.5 Å². The molecule has 0 aliphatic heterocycles. The lowest BCUT2D eigenvalue weighted by molar-refractivity contribution is -0.384. The predicted molar refractivity (Wildman–Crippen MR) is 85.5 cm³/mol. The van der Waals surface area contributed by atoms with Crippen LogP contribution in [0, 0.1) is 15.5 Å². The van der Waals surface area contributed by atoms with E-state index in [-0.39, 0.29) is 10.6 Å². The molecule has 1 unspecified atom stereocenters. The summed E-state index contributed by atoms with van der Waals surface area (Å²) in [6.45, 7) is 5.61. The fourth-order valence-electron chi connectivity index (χ4n) is 3.40. The Morgan fingerprint density at radius 3 is 2.43 bits per heavy atom.